The molecule has 0 spiro atoms. The van der Waals surface area contributed by atoms with Gasteiger partial charge in [-0.2, -0.15) is 0 Å². The number of carboxylic acid groups (broad SMARTS) is 1. The van der Waals surface area contributed by atoms with Crippen LogP contribution in [0.5, 0.6) is 0 Å². The van der Waals surface area contributed by atoms with E-state index < -0.39 is 5.97 Å². The highest BCUT2D eigenvalue weighted by molar-refractivity contribution is 6.06. The maximum atomic E-state index is 12.2. The third-order valence-electron chi connectivity index (χ3n) is 3.84. The van der Waals surface area contributed by atoms with Crippen LogP contribution in [0.15, 0.2) is 34.9 Å². The van der Waals surface area contributed by atoms with E-state index in [0.717, 1.165) is 5.39 Å². The molecule has 1 aromatic carbocycles. The Labute approximate surface area is 115 Å². The largest absolute Gasteiger partial charge is 0.481 e. The van der Waals surface area contributed by atoms with Gasteiger partial charge in [0.25, 0.3) is 5.91 Å². The number of carboxylic acids is 1. The van der Waals surface area contributed by atoms with Crippen molar-refractivity contribution in [2.75, 3.05) is 0 Å². The zero-order chi connectivity index (χ0) is 14.1. The first-order chi connectivity index (χ1) is 9.65. The van der Waals surface area contributed by atoms with Crippen LogP contribution in [0.4, 0.5) is 0 Å². The molecular formula is C15H15NO4. The standard InChI is InChI=1S/C15H15NO4/c17-14(16-10-6-5-9(7-10)15(18)19)12-8-20-13-4-2-1-3-11(12)13/h1-4,8-10H,5-7H2,(H,16,17)(H,18,19)/t9-,10+/m1/s1. The van der Waals surface area contributed by atoms with Crippen LogP contribution in [0.3, 0.4) is 0 Å². The van der Waals surface area contributed by atoms with Crippen molar-refractivity contribution < 1.29 is 19.1 Å². The van der Waals surface area contributed by atoms with Crippen LogP contribution in [0.2, 0.25) is 0 Å². The second-order valence-electron chi connectivity index (χ2n) is 5.16. The highest BCUT2D eigenvalue weighted by Gasteiger charge is 2.31. The second kappa shape index (κ2) is 5.00. The Morgan fingerprint density at radius 1 is 1.25 bits per heavy atom. The number of hydrogen-bond donors (Lipinski definition) is 2. The smallest absolute Gasteiger partial charge is 0.306 e. The van der Waals surface area contributed by atoms with Crippen molar-refractivity contribution in [3.63, 3.8) is 0 Å². The summed E-state index contributed by atoms with van der Waals surface area (Å²) in [6.45, 7) is 0. The van der Waals surface area contributed by atoms with Crippen LogP contribution in [-0.4, -0.2) is 23.0 Å². The minimum Gasteiger partial charge on any atom is -0.481 e. The molecule has 1 aliphatic rings. The van der Waals surface area contributed by atoms with E-state index in [1.54, 1.807) is 0 Å². The van der Waals surface area contributed by atoms with Gasteiger partial charge in [0.2, 0.25) is 0 Å². The monoisotopic (exact) mass is 273 g/mol. The molecule has 20 heavy (non-hydrogen) atoms. The zero-order valence-corrected chi connectivity index (χ0v) is 10.8. The molecule has 1 aliphatic carbocycles. The average molecular weight is 273 g/mol. The van der Waals surface area contributed by atoms with E-state index >= 15 is 0 Å². The number of amides is 1. The van der Waals surface area contributed by atoms with Crippen LogP contribution in [0.25, 0.3) is 11.0 Å². The van der Waals surface area contributed by atoms with E-state index in [9.17, 15) is 9.59 Å². The van der Waals surface area contributed by atoms with E-state index in [4.69, 9.17) is 9.52 Å². The van der Waals surface area contributed by atoms with Crippen molar-refractivity contribution in [3.05, 3.63) is 36.1 Å². The summed E-state index contributed by atoms with van der Waals surface area (Å²) in [5, 5.41) is 12.6. The van der Waals surface area contributed by atoms with Crippen molar-refractivity contribution in [2.24, 2.45) is 5.92 Å². The Kier molecular flexibility index (Phi) is 3.18. The fourth-order valence-corrected chi connectivity index (χ4v) is 2.75. The van der Waals surface area contributed by atoms with Gasteiger partial charge in [-0.15, -0.1) is 0 Å². The summed E-state index contributed by atoms with van der Waals surface area (Å²) in [6.07, 6.45) is 3.27. The summed E-state index contributed by atoms with van der Waals surface area (Å²) in [5.41, 5.74) is 1.17. The number of para-hydroxylation sites is 1. The van der Waals surface area contributed by atoms with Gasteiger partial charge < -0.3 is 14.8 Å². The molecule has 2 N–H and O–H groups in total. The van der Waals surface area contributed by atoms with Crippen LogP contribution in [-0.2, 0) is 4.79 Å². The van der Waals surface area contributed by atoms with E-state index in [-0.39, 0.29) is 17.9 Å². The maximum absolute atomic E-state index is 12.2. The Morgan fingerprint density at radius 2 is 2.05 bits per heavy atom. The second-order valence-corrected chi connectivity index (χ2v) is 5.16. The van der Waals surface area contributed by atoms with Gasteiger partial charge in [0.15, 0.2) is 0 Å². The number of aliphatic carboxylic acids is 1. The van der Waals surface area contributed by atoms with Gasteiger partial charge in [-0.1, -0.05) is 18.2 Å². The molecule has 2 atom stereocenters. The quantitative estimate of drug-likeness (QED) is 0.900. The fourth-order valence-electron chi connectivity index (χ4n) is 2.75. The number of rotatable bonds is 3. The van der Waals surface area contributed by atoms with Crippen molar-refractivity contribution in [2.45, 2.75) is 25.3 Å². The maximum Gasteiger partial charge on any atom is 0.306 e. The van der Waals surface area contributed by atoms with Crippen LogP contribution in [0.1, 0.15) is 29.6 Å². The normalized spacial score (nSPS) is 22.0. The topological polar surface area (TPSA) is 79.5 Å². The van der Waals surface area contributed by atoms with Gasteiger partial charge in [-0.05, 0) is 25.3 Å². The molecule has 1 saturated carbocycles. The predicted octanol–water partition coefficient (Wildman–Crippen LogP) is 2.42. The number of carbonyl (C=O) groups excluding carboxylic acids is 1. The molecule has 104 valence electrons. The van der Waals surface area contributed by atoms with Gasteiger partial charge in [0, 0.05) is 11.4 Å². The number of fused-ring (bicyclic) bond motifs is 1. The molecule has 5 nitrogen and oxygen atoms in total. The van der Waals surface area contributed by atoms with Gasteiger partial charge >= 0.3 is 5.97 Å². The molecule has 1 heterocycles. The first-order valence-electron chi connectivity index (χ1n) is 6.65. The van der Waals surface area contributed by atoms with Gasteiger partial charge in [-0.25, -0.2) is 0 Å². The van der Waals surface area contributed by atoms with Crippen molar-refractivity contribution in [1.82, 2.24) is 5.32 Å². The minimum atomic E-state index is -0.782. The first kappa shape index (κ1) is 12.7. The number of carbonyl (C=O) groups is 2. The summed E-state index contributed by atoms with van der Waals surface area (Å²) in [5.74, 6) is -1.33. The van der Waals surface area contributed by atoms with Crippen molar-refractivity contribution in [1.29, 1.82) is 0 Å². The fraction of sp³-hybridized carbons (Fsp3) is 0.333. The number of furan rings is 1. The van der Waals surface area contributed by atoms with E-state index in [1.807, 2.05) is 24.3 Å². The molecule has 3 rings (SSSR count). The van der Waals surface area contributed by atoms with Crippen LogP contribution in [0, 0.1) is 5.92 Å². The highest BCUT2D eigenvalue weighted by Crippen LogP contribution is 2.27. The molecule has 0 radical (unpaired) electrons. The molecule has 0 aliphatic heterocycles. The lowest BCUT2D eigenvalue weighted by Gasteiger charge is -2.11. The predicted molar refractivity (Wildman–Crippen MR) is 72.4 cm³/mol. The third-order valence-corrected chi connectivity index (χ3v) is 3.84. The molecule has 0 bridgehead atoms. The molecule has 0 unspecified atom stereocenters. The van der Waals surface area contributed by atoms with E-state index in [0.29, 0.717) is 30.4 Å². The molecule has 0 saturated heterocycles. The molecule has 1 fully saturated rings. The number of benzene rings is 1. The molecule has 1 amide bonds. The van der Waals surface area contributed by atoms with Gasteiger partial charge in [-0.3, -0.25) is 9.59 Å². The van der Waals surface area contributed by atoms with Gasteiger partial charge in [0.1, 0.15) is 11.8 Å². The minimum absolute atomic E-state index is 0.0720. The molecule has 1 aromatic heterocycles. The summed E-state index contributed by atoms with van der Waals surface area (Å²) in [4.78, 5) is 23.1. The van der Waals surface area contributed by atoms with Gasteiger partial charge in [0.05, 0.1) is 11.5 Å². The lowest BCUT2D eigenvalue weighted by atomic mass is 10.1. The summed E-state index contributed by atoms with van der Waals surface area (Å²) in [7, 11) is 0. The lowest BCUT2D eigenvalue weighted by molar-refractivity contribution is -0.141. The Bertz CT molecular complexity index is 661. The number of hydrogen-bond acceptors (Lipinski definition) is 3. The van der Waals surface area contributed by atoms with Crippen molar-refractivity contribution >= 4 is 22.8 Å². The Hall–Kier alpha value is -2.30. The third kappa shape index (κ3) is 2.27. The van der Waals surface area contributed by atoms with Crippen LogP contribution < -0.4 is 5.32 Å². The lowest BCUT2D eigenvalue weighted by Crippen LogP contribution is -2.33. The van der Waals surface area contributed by atoms with Crippen molar-refractivity contribution in [3.8, 4) is 0 Å². The number of nitrogens with one attached hydrogen (secondary N) is 1. The summed E-state index contributed by atoms with van der Waals surface area (Å²) in [6, 6.07) is 7.27. The highest BCUT2D eigenvalue weighted by atomic mass is 16.4. The summed E-state index contributed by atoms with van der Waals surface area (Å²) >= 11 is 0. The SMILES string of the molecule is O=C(N[C@H]1CC[C@@H](C(=O)O)C1)c1coc2ccccc12. The molecule has 5 heteroatoms. The first-order valence-corrected chi connectivity index (χ1v) is 6.65. The summed E-state index contributed by atoms with van der Waals surface area (Å²) < 4.78 is 5.34. The molecule has 2 aromatic rings. The van der Waals surface area contributed by atoms with Crippen LogP contribution >= 0.6 is 0 Å². The zero-order valence-electron chi connectivity index (χ0n) is 10.8. The van der Waals surface area contributed by atoms with E-state index in [1.165, 1.54) is 6.26 Å². The Morgan fingerprint density at radius 3 is 2.80 bits per heavy atom. The average Bonchev–Trinajstić information content (AvgIpc) is 3.04. The van der Waals surface area contributed by atoms with E-state index in [2.05, 4.69) is 5.32 Å². The molecular weight excluding hydrogens is 258 g/mol. The Balaban J connectivity index is 1.73.